The molecule has 1 fully saturated rings. The SMILES string of the molecule is CN1CC[C@@H]2[C@@H](c3ccc(C(=O)O)cc3)Nc3ccc(Cl)cc3[C@@H]21. The number of likely N-dealkylation sites (tertiary alicyclic amines) is 1. The molecule has 3 atom stereocenters. The number of halogens is 1. The molecule has 2 aromatic rings. The van der Waals surface area contributed by atoms with E-state index in [1.54, 1.807) is 12.1 Å². The second kappa shape index (κ2) is 5.80. The van der Waals surface area contributed by atoms with Crippen molar-refractivity contribution >= 4 is 23.3 Å². The fraction of sp³-hybridized carbons (Fsp3) is 0.316. The van der Waals surface area contributed by atoms with Crippen LogP contribution in [0.2, 0.25) is 5.02 Å². The Morgan fingerprint density at radius 1 is 1.25 bits per heavy atom. The molecule has 2 aliphatic rings. The summed E-state index contributed by atoms with van der Waals surface area (Å²) in [6.45, 7) is 1.05. The first-order valence-electron chi connectivity index (χ1n) is 8.14. The monoisotopic (exact) mass is 342 g/mol. The number of rotatable bonds is 2. The molecule has 0 amide bonds. The summed E-state index contributed by atoms with van der Waals surface area (Å²) in [7, 11) is 2.16. The summed E-state index contributed by atoms with van der Waals surface area (Å²) in [5, 5.41) is 13.5. The summed E-state index contributed by atoms with van der Waals surface area (Å²) in [6, 6.07) is 13.8. The fourth-order valence-electron chi connectivity index (χ4n) is 4.14. The third kappa shape index (κ3) is 2.46. The smallest absolute Gasteiger partial charge is 0.335 e. The zero-order valence-corrected chi connectivity index (χ0v) is 14.1. The molecule has 4 nitrogen and oxygen atoms in total. The first-order valence-corrected chi connectivity index (χ1v) is 8.52. The number of hydrogen-bond acceptors (Lipinski definition) is 3. The van der Waals surface area contributed by atoms with Crippen molar-refractivity contribution in [3.63, 3.8) is 0 Å². The number of benzene rings is 2. The van der Waals surface area contributed by atoms with Crippen molar-refractivity contribution in [2.45, 2.75) is 18.5 Å². The number of aromatic carboxylic acids is 1. The number of carboxylic acid groups (broad SMARTS) is 1. The third-order valence-corrected chi connectivity index (χ3v) is 5.52. The number of fused-ring (bicyclic) bond motifs is 3. The van der Waals surface area contributed by atoms with Crippen molar-refractivity contribution < 1.29 is 9.90 Å². The van der Waals surface area contributed by atoms with Gasteiger partial charge in [-0.05, 0) is 61.5 Å². The van der Waals surface area contributed by atoms with Gasteiger partial charge < -0.3 is 10.4 Å². The molecule has 2 N–H and O–H groups in total. The van der Waals surface area contributed by atoms with Gasteiger partial charge in [0.2, 0.25) is 0 Å². The molecule has 0 aliphatic carbocycles. The van der Waals surface area contributed by atoms with Crippen LogP contribution < -0.4 is 5.32 Å². The second-order valence-corrected chi connectivity index (χ2v) is 7.10. The number of nitrogens with zero attached hydrogens (tertiary/aromatic N) is 1. The van der Waals surface area contributed by atoms with Crippen LogP contribution in [0.1, 0.15) is 40.0 Å². The topological polar surface area (TPSA) is 52.6 Å². The normalized spacial score (nSPS) is 25.7. The molecule has 2 aromatic carbocycles. The lowest BCUT2D eigenvalue weighted by atomic mass is 9.80. The van der Waals surface area contributed by atoms with Crippen molar-refractivity contribution in [3.05, 3.63) is 64.2 Å². The van der Waals surface area contributed by atoms with Gasteiger partial charge in [-0.1, -0.05) is 23.7 Å². The van der Waals surface area contributed by atoms with Gasteiger partial charge in [0.1, 0.15) is 0 Å². The van der Waals surface area contributed by atoms with Gasteiger partial charge in [-0.25, -0.2) is 4.79 Å². The molecular formula is C19H19ClN2O2. The minimum Gasteiger partial charge on any atom is -0.478 e. The zero-order valence-electron chi connectivity index (χ0n) is 13.4. The van der Waals surface area contributed by atoms with Crippen LogP contribution in [0.15, 0.2) is 42.5 Å². The molecule has 0 radical (unpaired) electrons. The Balaban J connectivity index is 1.75. The summed E-state index contributed by atoms with van der Waals surface area (Å²) < 4.78 is 0. The predicted molar refractivity (Wildman–Crippen MR) is 94.7 cm³/mol. The summed E-state index contributed by atoms with van der Waals surface area (Å²) >= 11 is 6.21. The van der Waals surface area contributed by atoms with Gasteiger partial charge in [0, 0.05) is 22.7 Å². The van der Waals surface area contributed by atoms with Gasteiger partial charge in [-0.15, -0.1) is 0 Å². The molecule has 4 rings (SSSR count). The van der Waals surface area contributed by atoms with E-state index in [1.807, 2.05) is 24.3 Å². The van der Waals surface area contributed by atoms with E-state index in [0.29, 0.717) is 17.5 Å². The Morgan fingerprint density at radius 3 is 2.71 bits per heavy atom. The minimum atomic E-state index is -0.892. The molecule has 0 unspecified atom stereocenters. The minimum absolute atomic E-state index is 0.177. The molecule has 0 saturated carbocycles. The van der Waals surface area contributed by atoms with Crippen molar-refractivity contribution in [3.8, 4) is 0 Å². The fourth-order valence-corrected chi connectivity index (χ4v) is 4.32. The lowest BCUT2D eigenvalue weighted by molar-refractivity contribution is 0.0697. The lowest BCUT2D eigenvalue weighted by Gasteiger charge is -2.39. The largest absolute Gasteiger partial charge is 0.478 e. The number of carbonyl (C=O) groups is 1. The van der Waals surface area contributed by atoms with E-state index < -0.39 is 5.97 Å². The molecule has 24 heavy (non-hydrogen) atoms. The lowest BCUT2D eigenvalue weighted by Crippen LogP contribution is -2.33. The average molecular weight is 343 g/mol. The maximum Gasteiger partial charge on any atom is 0.335 e. The highest BCUT2D eigenvalue weighted by atomic mass is 35.5. The van der Waals surface area contributed by atoms with Crippen molar-refractivity contribution in [1.29, 1.82) is 0 Å². The van der Waals surface area contributed by atoms with Gasteiger partial charge in [-0.2, -0.15) is 0 Å². The van der Waals surface area contributed by atoms with E-state index in [0.717, 1.165) is 29.2 Å². The molecule has 2 aliphatic heterocycles. The van der Waals surface area contributed by atoms with E-state index in [9.17, 15) is 4.79 Å². The van der Waals surface area contributed by atoms with Crippen LogP contribution in [0.5, 0.6) is 0 Å². The van der Waals surface area contributed by atoms with E-state index >= 15 is 0 Å². The van der Waals surface area contributed by atoms with E-state index in [1.165, 1.54) is 5.56 Å². The molecule has 0 spiro atoms. The Hall–Kier alpha value is -2.04. The molecule has 0 aromatic heterocycles. The number of nitrogens with one attached hydrogen (secondary N) is 1. The van der Waals surface area contributed by atoms with Gasteiger partial charge in [0.15, 0.2) is 0 Å². The average Bonchev–Trinajstić information content (AvgIpc) is 2.97. The van der Waals surface area contributed by atoms with Gasteiger partial charge in [0.05, 0.1) is 11.6 Å². The van der Waals surface area contributed by atoms with Crippen LogP contribution in [0.4, 0.5) is 5.69 Å². The summed E-state index contributed by atoms with van der Waals surface area (Å²) in [5.74, 6) is -0.451. The molecule has 0 bridgehead atoms. The van der Waals surface area contributed by atoms with E-state index in [2.05, 4.69) is 23.3 Å². The first-order chi connectivity index (χ1) is 11.5. The third-order valence-electron chi connectivity index (χ3n) is 5.28. The second-order valence-electron chi connectivity index (χ2n) is 6.66. The Bertz CT molecular complexity index is 790. The summed E-state index contributed by atoms with van der Waals surface area (Å²) in [6.07, 6.45) is 1.10. The number of anilines is 1. The maximum absolute atomic E-state index is 11.1. The van der Waals surface area contributed by atoms with E-state index in [4.69, 9.17) is 16.7 Å². The van der Waals surface area contributed by atoms with Gasteiger partial charge in [-0.3, -0.25) is 4.90 Å². The van der Waals surface area contributed by atoms with Crippen molar-refractivity contribution in [1.82, 2.24) is 4.90 Å². The van der Waals surface area contributed by atoms with Crippen LogP contribution in [-0.2, 0) is 0 Å². The van der Waals surface area contributed by atoms with Gasteiger partial charge in [0.25, 0.3) is 0 Å². The first kappa shape index (κ1) is 15.5. The number of carboxylic acids is 1. The molecule has 1 saturated heterocycles. The van der Waals surface area contributed by atoms with E-state index in [-0.39, 0.29) is 6.04 Å². The quantitative estimate of drug-likeness (QED) is 0.859. The van der Waals surface area contributed by atoms with Crippen LogP contribution in [-0.4, -0.2) is 29.6 Å². The molecule has 124 valence electrons. The highest BCUT2D eigenvalue weighted by Crippen LogP contribution is 2.50. The van der Waals surface area contributed by atoms with Crippen LogP contribution >= 0.6 is 11.6 Å². The predicted octanol–water partition coefficient (Wildman–Crippen LogP) is 4.20. The van der Waals surface area contributed by atoms with Crippen LogP contribution in [0.3, 0.4) is 0 Å². The number of hydrogen-bond donors (Lipinski definition) is 2. The van der Waals surface area contributed by atoms with Crippen molar-refractivity contribution in [2.24, 2.45) is 5.92 Å². The van der Waals surface area contributed by atoms with Crippen LogP contribution in [0, 0.1) is 5.92 Å². The molecule has 5 heteroatoms. The highest BCUT2D eigenvalue weighted by Gasteiger charge is 2.43. The molecular weight excluding hydrogens is 324 g/mol. The standard InChI is InChI=1S/C19H19ClN2O2/c1-22-9-8-14-17(11-2-4-12(5-3-11)19(23)24)21-16-7-6-13(20)10-15(16)18(14)22/h2-7,10,14,17-18,21H,8-9H2,1H3,(H,23,24)/t14-,17-,18-/m1/s1. The maximum atomic E-state index is 11.1. The zero-order chi connectivity index (χ0) is 16.8. The molecule has 2 heterocycles. The Labute approximate surface area is 146 Å². The Morgan fingerprint density at radius 2 is 2.00 bits per heavy atom. The van der Waals surface area contributed by atoms with Crippen LogP contribution in [0.25, 0.3) is 0 Å². The summed E-state index contributed by atoms with van der Waals surface area (Å²) in [4.78, 5) is 13.5. The van der Waals surface area contributed by atoms with Gasteiger partial charge >= 0.3 is 5.97 Å². The highest BCUT2D eigenvalue weighted by molar-refractivity contribution is 6.30. The van der Waals surface area contributed by atoms with Crippen molar-refractivity contribution in [2.75, 3.05) is 18.9 Å². The Kier molecular flexibility index (Phi) is 3.74. The summed E-state index contributed by atoms with van der Waals surface area (Å²) in [5.41, 5.74) is 3.82.